The monoisotopic (exact) mass is 422 g/mol. The summed E-state index contributed by atoms with van der Waals surface area (Å²) in [6.45, 7) is 0.679. The molecule has 1 fully saturated rings. The molecule has 1 aliphatic heterocycles. The molecule has 7 heteroatoms. The van der Waals surface area contributed by atoms with Gasteiger partial charge in [0, 0.05) is 28.0 Å². The molecular weight excluding hydrogens is 404 g/mol. The molecule has 1 heterocycles. The van der Waals surface area contributed by atoms with Gasteiger partial charge in [-0.3, -0.25) is 0 Å². The Bertz CT molecular complexity index is 754. The van der Waals surface area contributed by atoms with Crippen LogP contribution in [0.5, 0.6) is 11.5 Å². The highest BCUT2D eigenvalue weighted by molar-refractivity contribution is 9.10. The van der Waals surface area contributed by atoms with Crippen molar-refractivity contribution >= 4 is 39.4 Å². The largest absolute Gasteiger partial charge is 0.493 e. The van der Waals surface area contributed by atoms with E-state index >= 15 is 0 Å². The predicted molar refractivity (Wildman–Crippen MR) is 105 cm³/mol. The lowest BCUT2D eigenvalue weighted by Gasteiger charge is -2.26. The fourth-order valence-electron chi connectivity index (χ4n) is 2.77. The molecule has 5 nitrogen and oxygen atoms in total. The second-order valence-electron chi connectivity index (χ2n) is 5.44. The number of carbonyl (C=O) groups is 1. The zero-order valence-corrected chi connectivity index (χ0v) is 16.4. The van der Waals surface area contributed by atoms with Crippen LogP contribution in [0.4, 0.5) is 10.5 Å². The van der Waals surface area contributed by atoms with E-state index in [2.05, 4.69) is 21.2 Å². The first-order valence-electron chi connectivity index (χ1n) is 7.79. The van der Waals surface area contributed by atoms with Gasteiger partial charge in [0.15, 0.2) is 11.5 Å². The standard InChI is InChI=1S/C18H19BrN2O3S/c1-23-15-5-3-4-14(16(15)24-2)17-21(10-11-25-17)18(22)20-13-8-6-12(19)7-9-13/h3-9,17H,10-11H2,1-2H3,(H,20,22). The molecule has 3 rings (SSSR count). The molecule has 1 aliphatic rings. The number of ether oxygens (including phenoxy) is 2. The van der Waals surface area contributed by atoms with E-state index in [0.29, 0.717) is 18.0 Å². The summed E-state index contributed by atoms with van der Waals surface area (Å²) in [6, 6.07) is 13.2. The maximum Gasteiger partial charge on any atom is 0.323 e. The first kappa shape index (κ1) is 17.9. The van der Waals surface area contributed by atoms with Gasteiger partial charge in [0.2, 0.25) is 0 Å². The van der Waals surface area contributed by atoms with Crippen LogP contribution in [0.25, 0.3) is 0 Å². The molecule has 0 spiro atoms. The number of rotatable bonds is 4. The molecular formula is C18H19BrN2O3S. The normalized spacial score (nSPS) is 16.6. The lowest BCUT2D eigenvalue weighted by atomic mass is 10.1. The van der Waals surface area contributed by atoms with Gasteiger partial charge < -0.3 is 19.7 Å². The van der Waals surface area contributed by atoms with E-state index in [1.165, 1.54) is 0 Å². The predicted octanol–water partition coefficient (Wildman–Crippen LogP) is 4.75. The maximum absolute atomic E-state index is 12.8. The van der Waals surface area contributed by atoms with Crippen LogP contribution in [-0.4, -0.2) is 37.4 Å². The van der Waals surface area contributed by atoms with Crippen LogP contribution in [0.1, 0.15) is 10.9 Å². The van der Waals surface area contributed by atoms with E-state index in [9.17, 15) is 4.79 Å². The lowest BCUT2D eigenvalue weighted by molar-refractivity contribution is 0.213. The van der Waals surface area contributed by atoms with Crippen LogP contribution in [0.15, 0.2) is 46.9 Å². The smallest absolute Gasteiger partial charge is 0.323 e. The SMILES string of the molecule is COc1cccc(C2SCCN2C(=O)Nc2ccc(Br)cc2)c1OC. The van der Waals surface area contributed by atoms with Gasteiger partial charge >= 0.3 is 6.03 Å². The molecule has 2 aromatic rings. The lowest BCUT2D eigenvalue weighted by Crippen LogP contribution is -2.34. The summed E-state index contributed by atoms with van der Waals surface area (Å²) >= 11 is 5.11. The van der Waals surface area contributed by atoms with E-state index in [4.69, 9.17) is 9.47 Å². The summed E-state index contributed by atoms with van der Waals surface area (Å²) in [4.78, 5) is 14.6. The average molecular weight is 423 g/mol. The Hall–Kier alpha value is -1.86. The van der Waals surface area contributed by atoms with Crippen molar-refractivity contribution in [3.05, 3.63) is 52.5 Å². The molecule has 0 bridgehead atoms. The van der Waals surface area contributed by atoms with Gasteiger partial charge in [-0.15, -0.1) is 11.8 Å². The quantitative estimate of drug-likeness (QED) is 0.772. The topological polar surface area (TPSA) is 50.8 Å². The Kier molecular flexibility index (Phi) is 5.75. The Morgan fingerprint density at radius 1 is 1.20 bits per heavy atom. The molecule has 132 valence electrons. The van der Waals surface area contributed by atoms with Crippen molar-refractivity contribution in [1.29, 1.82) is 0 Å². The number of nitrogens with one attached hydrogen (secondary N) is 1. The average Bonchev–Trinajstić information content (AvgIpc) is 3.12. The Balaban J connectivity index is 1.83. The van der Waals surface area contributed by atoms with Gasteiger partial charge in [0.05, 0.1) is 14.2 Å². The molecule has 1 unspecified atom stereocenters. The first-order valence-corrected chi connectivity index (χ1v) is 9.64. The summed E-state index contributed by atoms with van der Waals surface area (Å²) in [6.07, 6.45) is 0. The molecule has 1 N–H and O–H groups in total. The van der Waals surface area contributed by atoms with E-state index in [0.717, 1.165) is 21.5 Å². The molecule has 0 aliphatic carbocycles. The number of benzene rings is 2. The van der Waals surface area contributed by atoms with Crippen LogP contribution in [0, 0.1) is 0 Å². The summed E-state index contributed by atoms with van der Waals surface area (Å²) in [5.41, 5.74) is 1.71. The van der Waals surface area contributed by atoms with Crippen molar-refractivity contribution in [1.82, 2.24) is 4.90 Å². The third-order valence-corrected chi connectivity index (χ3v) is 5.72. The number of para-hydroxylation sites is 1. The third kappa shape index (κ3) is 3.88. The second-order valence-corrected chi connectivity index (χ2v) is 7.54. The molecule has 0 aromatic heterocycles. The fourth-order valence-corrected chi connectivity index (χ4v) is 4.31. The highest BCUT2D eigenvalue weighted by atomic mass is 79.9. The molecule has 25 heavy (non-hydrogen) atoms. The number of carbonyl (C=O) groups excluding carboxylic acids is 1. The second kappa shape index (κ2) is 8.01. The van der Waals surface area contributed by atoms with E-state index < -0.39 is 0 Å². The van der Waals surface area contributed by atoms with Crippen LogP contribution in [-0.2, 0) is 0 Å². The summed E-state index contributed by atoms with van der Waals surface area (Å²) in [7, 11) is 3.23. The van der Waals surface area contributed by atoms with Crippen molar-refractivity contribution in [3.63, 3.8) is 0 Å². The van der Waals surface area contributed by atoms with Gasteiger partial charge in [-0.2, -0.15) is 0 Å². The number of anilines is 1. The first-order chi connectivity index (χ1) is 12.1. The fraction of sp³-hybridized carbons (Fsp3) is 0.278. The van der Waals surface area contributed by atoms with Crippen LogP contribution in [0.3, 0.4) is 0 Å². The summed E-state index contributed by atoms with van der Waals surface area (Å²) in [5.74, 6) is 2.21. The van der Waals surface area contributed by atoms with E-state index in [1.807, 2.05) is 47.4 Å². The summed E-state index contributed by atoms with van der Waals surface area (Å²) in [5, 5.41) is 2.85. The number of nitrogens with zero attached hydrogens (tertiary/aromatic N) is 1. The van der Waals surface area contributed by atoms with Crippen LogP contribution >= 0.6 is 27.7 Å². The zero-order valence-electron chi connectivity index (χ0n) is 14.0. The number of thioether (sulfide) groups is 1. The zero-order chi connectivity index (χ0) is 17.8. The van der Waals surface area contributed by atoms with Crippen molar-refractivity contribution in [2.75, 3.05) is 31.8 Å². The van der Waals surface area contributed by atoms with Crippen molar-refractivity contribution < 1.29 is 14.3 Å². The molecule has 0 radical (unpaired) electrons. The van der Waals surface area contributed by atoms with Gasteiger partial charge in [-0.05, 0) is 30.3 Å². The molecule has 1 saturated heterocycles. The molecule has 0 saturated carbocycles. The number of amides is 2. The van der Waals surface area contributed by atoms with Crippen molar-refractivity contribution in [2.24, 2.45) is 0 Å². The number of methoxy groups -OCH3 is 2. The van der Waals surface area contributed by atoms with Crippen LogP contribution in [0.2, 0.25) is 0 Å². The maximum atomic E-state index is 12.8. The number of hydrogen-bond acceptors (Lipinski definition) is 4. The third-order valence-electron chi connectivity index (χ3n) is 3.95. The Morgan fingerprint density at radius 3 is 2.64 bits per heavy atom. The van der Waals surface area contributed by atoms with Crippen molar-refractivity contribution in [3.8, 4) is 11.5 Å². The molecule has 2 aromatic carbocycles. The number of urea groups is 1. The van der Waals surface area contributed by atoms with Gasteiger partial charge in [0.25, 0.3) is 0 Å². The number of halogens is 1. The Morgan fingerprint density at radius 2 is 1.96 bits per heavy atom. The Labute approximate surface area is 159 Å². The highest BCUT2D eigenvalue weighted by Gasteiger charge is 2.33. The minimum atomic E-state index is -0.123. The van der Waals surface area contributed by atoms with Crippen LogP contribution < -0.4 is 14.8 Å². The highest BCUT2D eigenvalue weighted by Crippen LogP contribution is 2.45. The summed E-state index contributed by atoms with van der Waals surface area (Å²) < 4.78 is 11.9. The van der Waals surface area contributed by atoms with Gasteiger partial charge in [0.1, 0.15) is 5.37 Å². The molecule has 1 atom stereocenters. The number of hydrogen-bond donors (Lipinski definition) is 1. The molecule has 2 amide bonds. The van der Waals surface area contributed by atoms with Gasteiger partial charge in [-0.1, -0.05) is 28.1 Å². The van der Waals surface area contributed by atoms with E-state index in [-0.39, 0.29) is 11.4 Å². The van der Waals surface area contributed by atoms with Crippen molar-refractivity contribution in [2.45, 2.75) is 5.37 Å². The van der Waals surface area contributed by atoms with Gasteiger partial charge in [-0.25, -0.2) is 4.79 Å². The minimum Gasteiger partial charge on any atom is -0.493 e. The van der Waals surface area contributed by atoms with E-state index in [1.54, 1.807) is 26.0 Å². The minimum absolute atomic E-state index is 0.111.